The first-order valence-corrected chi connectivity index (χ1v) is 3.29. The molecular formula is C7H11B. The van der Waals surface area contributed by atoms with Gasteiger partial charge in [-0.25, -0.2) is 0 Å². The van der Waals surface area contributed by atoms with Crippen LogP contribution >= 0.6 is 0 Å². The van der Waals surface area contributed by atoms with Gasteiger partial charge < -0.3 is 0 Å². The van der Waals surface area contributed by atoms with Crippen molar-refractivity contribution in [3.05, 3.63) is 23.6 Å². The van der Waals surface area contributed by atoms with E-state index < -0.39 is 0 Å². The minimum absolute atomic E-state index is 1.16. The van der Waals surface area contributed by atoms with E-state index in [1.807, 2.05) is 0 Å². The number of rotatable bonds is 2. The Hall–Kier alpha value is -0.455. The Morgan fingerprint density at radius 2 is 2.50 bits per heavy atom. The van der Waals surface area contributed by atoms with E-state index in [0.717, 1.165) is 7.28 Å². The molecule has 0 aromatic rings. The fourth-order valence-electron chi connectivity index (χ4n) is 0.981. The van der Waals surface area contributed by atoms with Gasteiger partial charge in [-0.1, -0.05) is 25.0 Å². The van der Waals surface area contributed by atoms with Crippen LogP contribution < -0.4 is 0 Å². The van der Waals surface area contributed by atoms with Crippen molar-refractivity contribution in [2.75, 3.05) is 0 Å². The van der Waals surface area contributed by atoms with Gasteiger partial charge in [-0.2, -0.15) is 0 Å². The monoisotopic (exact) mass is 106 g/mol. The van der Waals surface area contributed by atoms with Gasteiger partial charge in [0.2, 0.25) is 0 Å². The molecule has 0 radical (unpaired) electrons. The summed E-state index contributed by atoms with van der Waals surface area (Å²) in [5.74, 6) is 4.51. The van der Waals surface area contributed by atoms with Gasteiger partial charge >= 0.3 is 0 Å². The van der Waals surface area contributed by atoms with Crippen molar-refractivity contribution in [1.29, 1.82) is 0 Å². The van der Waals surface area contributed by atoms with E-state index in [9.17, 15) is 0 Å². The van der Waals surface area contributed by atoms with Gasteiger partial charge in [0.15, 0.2) is 7.28 Å². The van der Waals surface area contributed by atoms with Crippen LogP contribution in [0.25, 0.3) is 0 Å². The summed E-state index contributed by atoms with van der Waals surface area (Å²) < 4.78 is 0. The topological polar surface area (TPSA) is 0 Å². The van der Waals surface area contributed by atoms with Gasteiger partial charge in [-0.05, 0) is 6.42 Å². The number of allylic oxidation sites excluding steroid dienone is 2. The maximum absolute atomic E-state index is 2.30. The molecule has 0 amide bonds. The first-order chi connectivity index (χ1) is 3.93. The average Bonchev–Trinajstić information content (AvgIpc) is 2.19. The van der Waals surface area contributed by atoms with Crippen LogP contribution in [0.1, 0.15) is 19.8 Å². The molecule has 8 heavy (non-hydrogen) atoms. The predicted octanol–water partition coefficient (Wildman–Crippen LogP) is 1.63. The fraction of sp³-hybridized carbons (Fsp3) is 0.429. The molecule has 1 aliphatic rings. The van der Waals surface area contributed by atoms with Crippen LogP contribution in [0.4, 0.5) is 0 Å². The van der Waals surface area contributed by atoms with Crippen molar-refractivity contribution in [2.45, 2.75) is 19.8 Å². The minimum Gasteiger partial charge on any atom is -0.114 e. The van der Waals surface area contributed by atoms with E-state index in [2.05, 4.69) is 25.0 Å². The maximum atomic E-state index is 2.30. The zero-order valence-electron chi connectivity index (χ0n) is 5.35. The van der Waals surface area contributed by atoms with Crippen molar-refractivity contribution in [3.8, 4) is 0 Å². The second kappa shape index (κ2) is 2.76. The molecule has 0 aromatic heterocycles. The van der Waals surface area contributed by atoms with E-state index in [1.54, 1.807) is 0 Å². The molecule has 0 saturated heterocycles. The van der Waals surface area contributed by atoms with Gasteiger partial charge in [-0.3, -0.25) is 0 Å². The van der Waals surface area contributed by atoms with Crippen LogP contribution in [0.5, 0.6) is 0 Å². The highest BCUT2D eigenvalue weighted by atomic mass is 13.9. The van der Waals surface area contributed by atoms with E-state index in [0.29, 0.717) is 0 Å². The summed E-state index contributed by atoms with van der Waals surface area (Å²) in [6.07, 6.45) is 4.76. The van der Waals surface area contributed by atoms with Gasteiger partial charge in [-0.15, -0.1) is 12.0 Å². The SMILES string of the molecule is CCCC1=CBC=C1. The van der Waals surface area contributed by atoms with Crippen LogP contribution in [0.3, 0.4) is 0 Å². The molecule has 42 valence electrons. The highest BCUT2D eigenvalue weighted by Crippen LogP contribution is 2.09. The zero-order valence-corrected chi connectivity index (χ0v) is 5.35. The lowest BCUT2D eigenvalue weighted by atomic mass is 9.82. The largest absolute Gasteiger partial charge is 0.174 e. The van der Waals surface area contributed by atoms with Crippen molar-refractivity contribution >= 4 is 7.28 Å². The molecule has 0 nitrogen and oxygen atoms in total. The highest BCUT2D eigenvalue weighted by molar-refractivity contribution is 6.49. The smallest absolute Gasteiger partial charge is 0.114 e. The fourth-order valence-corrected chi connectivity index (χ4v) is 0.981. The molecule has 0 fully saturated rings. The number of hydrogen-bond acceptors (Lipinski definition) is 0. The summed E-state index contributed by atoms with van der Waals surface area (Å²) in [6, 6.07) is 0. The van der Waals surface area contributed by atoms with Gasteiger partial charge in [0.05, 0.1) is 0 Å². The summed E-state index contributed by atoms with van der Waals surface area (Å²) in [4.78, 5) is 0. The first-order valence-electron chi connectivity index (χ1n) is 3.29. The van der Waals surface area contributed by atoms with E-state index in [-0.39, 0.29) is 0 Å². The molecular weight excluding hydrogens is 94.9 g/mol. The molecule has 0 N–H and O–H groups in total. The molecule has 0 aliphatic carbocycles. The minimum atomic E-state index is 1.16. The average molecular weight is 106 g/mol. The van der Waals surface area contributed by atoms with Crippen LogP contribution in [-0.2, 0) is 0 Å². The van der Waals surface area contributed by atoms with E-state index in [1.165, 1.54) is 18.4 Å². The Bertz CT molecular complexity index is 122. The van der Waals surface area contributed by atoms with Gasteiger partial charge in [0.25, 0.3) is 0 Å². The van der Waals surface area contributed by atoms with Crippen molar-refractivity contribution < 1.29 is 0 Å². The molecule has 0 atom stereocenters. The summed E-state index contributed by atoms with van der Waals surface area (Å²) in [5.41, 5.74) is 1.52. The third kappa shape index (κ3) is 1.26. The normalized spacial score (nSPS) is 15.9. The summed E-state index contributed by atoms with van der Waals surface area (Å²) >= 11 is 0. The molecule has 0 spiro atoms. The van der Waals surface area contributed by atoms with Crippen LogP contribution in [0.2, 0.25) is 0 Å². The van der Waals surface area contributed by atoms with Crippen LogP contribution in [0.15, 0.2) is 23.6 Å². The zero-order chi connectivity index (χ0) is 5.82. The molecule has 0 unspecified atom stereocenters. The Morgan fingerprint density at radius 3 is 3.00 bits per heavy atom. The van der Waals surface area contributed by atoms with Crippen LogP contribution in [0, 0.1) is 0 Å². The predicted molar refractivity (Wildman–Crippen MR) is 39.3 cm³/mol. The molecule has 0 saturated carbocycles. The summed E-state index contributed by atoms with van der Waals surface area (Å²) in [6.45, 7) is 2.22. The second-order valence-corrected chi connectivity index (χ2v) is 2.17. The lowest BCUT2D eigenvalue weighted by Gasteiger charge is -1.90. The molecule has 1 aliphatic heterocycles. The maximum Gasteiger partial charge on any atom is 0.174 e. The molecule has 1 rings (SSSR count). The van der Waals surface area contributed by atoms with E-state index in [4.69, 9.17) is 0 Å². The lowest BCUT2D eigenvalue weighted by molar-refractivity contribution is 0.930. The van der Waals surface area contributed by atoms with Gasteiger partial charge in [0, 0.05) is 0 Å². The summed E-state index contributed by atoms with van der Waals surface area (Å²) in [5, 5.41) is 0. The second-order valence-electron chi connectivity index (χ2n) is 2.17. The molecule has 0 aromatic carbocycles. The number of hydrogen-bond donors (Lipinski definition) is 0. The molecule has 1 heteroatoms. The standard InChI is InChI=1S/C7H11B/c1-2-3-7-4-5-8-6-7/h4-6,8H,2-3H2,1H3. The third-order valence-corrected chi connectivity index (χ3v) is 1.39. The third-order valence-electron chi connectivity index (χ3n) is 1.39. The van der Waals surface area contributed by atoms with Crippen molar-refractivity contribution in [1.82, 2.24) is 0 Å². The first kappa shape index (κ1) is 5.68. The molecule has 0 bridgehead atoms. The van der Waals surface area contributed by atoms with Gasteiger partial charge in [0.1, 0.15) is 0 Å². The quantitative estimate of drug-likeness (QED) is 0.469. The van der Waals surface area contributed by atoms with Crippen molar-refractivity contribution in [2.24, 2.45) is 0 Å². The Labute approximate surface area is 51.5 Å². The highest BCUT2D eigenvalue weighted by Gasteiger charge is 1.94. The summed E-state index contributed by atoms with van der Waals surface area (Å²) in [7, 11) is 1.16. The van der Waals surface area contributed by atoms with Crippen molar-refractivity contribution in [3.63, 3.8) is 0 Å². The Kier molecular flexibility index (Phi) is 1.96. The van der Waals surface area contributed by atoms with E-state index >= 15 is 0 Å². The Balaban J connectivity index is 2.34. The lowest BCUT2D eigenvalue weighted by Crippen LogP contribution is -1.73. The van der Waals surface area contributed by atoms with Crippen LogP contribution in [-0.4, -0.2) is 7.28 Å². The molecule has 1 heterocycles. The Morgan fingerprint density at radius 1 is 1.62 bits per heavy atom.